The Bertz CT molecular complexity index is 233. The SMILES string of the molecule is CC(C)SCC(=O)N(C)C1CCCCC1O. The molecule has 0 saturated heterocycles. The van der Waals surface area contributed by atoms with Crippen LogP contribution < -0.4 is 0 Å². The van der Waals surface area contributed by atoms with Gasteiger partial charge in [-0.25, -0.2) is 0 Å². The maximum Gasteiger partial charge on any atom is 0.232 e. The van der Waals surface area contributed by atoms with E-state index in [-0.39, 0.29) is 18.1 Å². The minimum atomic E-state index is -0.327. The molecule has 1 aliphatic carbocycles. The normalized spacial score (nSPS) is 25.8. The molecule has 0 bridgehead atoms. The van der Waals surface area contributed by atoms with Gasteiger partial charge in [-0.3, -0.25) is 4.79 Å². The van der Waals surface area contributed by atoms with E-state index in [1.807, 2.05) is 7.05 Å². The molecule has 2 unspecified atom stereocenters. The minimum Gasteiger partial charge on any atom is -0.391 e. The fourth-order valence-corrected chi connectivity index (χ4v) is 2.75. The lowest BCUT2D eigenvalue weighted by Crippen LogP contribution is -2.47. The molecular weight excluding hydrogens is 222 g/mol. The lowest BCUT2D eigenvalue weighted by atomic mass is 9.91. The van der Waals surface area contributed by atoms with Crippen molar-refractivity contribution in [1.29, 1.82) is 0 Å². The van der Waals surface area contributed by atoms with E-state index in [0.29, 0.717) is 11.0 Å². The van der Waals surface area contributed by atoms with Gasteiger partial charge < -0.3 is 10.0 Å². The number of aliphatic hydroxyl groups is 1. The van der Waals surface area contributed by atoms with E-state index in [2.05, 4.69) is 13.8 Å². The number of carbonyl (C=O) groups excluding carboxylic acids is 1. The Balaban J connectivity index is 2.42. The molecule has 1 rings (SSSR count). The van der Waals surface area contributed by atoms with E-state index in [9.17, 15) is 9.90 Å². The van der Waals surface area contributed by atoms with Gasteiger partial charge in [0.15, 0.2) is 0 Å². The molecule has 0 aromatic heterocycles. The summed E-state index contributed by atoms with van der Waals surface area (Å²) in [5.74, 6) is 0.668. The summed E-state index contributed by atoms with van der Waals surface area (Å²) in [6, 6.07) is 0.0361. The lowest BCUT2D eigenvalue weighted by Gasteiger charge is -2.35. The second kappa shape index (κ2) is 6.50. The first-order chi connectivity index (χ1) is 7.52. The van der Waals surface area contributed by atoms with E-state index in [1.54, 1.807) is 16.7 Å². The smallest absolute Gasteiger partial charge is 0.232 e. The van der Waals surface area contributed by atoms with Crippen LogP contribution in [0.25, 0.3) is 0 Å². The van der Waals surface area contributed by atoms with Crippen molar-refractivity contribution in [3.05, 3.63) is 0 Å². The highest BCUT2D eigenvalue weighted by Gasteiger charge is 2.29. The van der Waals surface area contributed by atoms with Crippen LogP contribution in [-0.4, -0.2) is 46.1 Å². The van der Waals surface area contributed by atoms with Crippen LogP contribution in [0.15, 0.2) is 0 Å². The summed E-state index contributed by atoms with van der Waals surface area (Å²) < 4.78 is 0. The van der Waals surface area contributed by atoms with Crippen molar-refractivity contribution < 1.29 is 9.90 Å². The number of nitrogens with zero attached hydrogens (tertiary/aromatic N) is 1. The Kier molecular flexibility index (Phi) is 5.62. The van der Waals surface area contributed by atoms with Crippen LogP contribution in [0.1, 0.15) is 39.5 Å². The number of likely N-dealkylation sites (N-methyl/N-ethyl adjacent to an activating group) is 1. The first-order valence-corrected chi connectivity index (χ1v) is 7.12. The van der Waals surface area contributed by atoms with Gasteiger partial charge in [0.1, 0.15) is 0 Å². The highest BCUT2D eigenvalue weighted by molar-refractivity contribution is 8.00. The monoisotopic (exact) mass is 245 g/mol. The number of hydrogen-bond donors (Lipinski definition) is 1. The molecule has 0 aliphatic heterocycles. The Hall–Kier alpha value is -0.220. The molecular formula is C12H23NO2S. The van der Waals surface area contributed by atoms with Gasteiger partial charge in [0, 0.05) is 7.05 Å². The third-order valence-corrected chi connectivity index (χ3v) is 4.21. The average molecular weight is 245 g/mol. The summed E-state index contributed by atoms with van der Waals surface area (Å²) in [5.41, 5.74) is 0. The van der Waals surface area contributed by atoms with Crippen LogP contribution in [0.2, 0.25) is 0 Å². The third-order valence-electron chi connectivity index (χ3n) is 3.12. The highest BCUT2D eigenvalue weighted by Crippen LogP contribution is 2.23. The molecule has 0 heterocycles. The van der Waals surface area contributed by atoms with Crippen LogP contribution >= 0.6 is 11.8 Å². The zero-order chi connectivity index (χ0) is 12.1. The van der Waals surface area contributed by atoms with Crippen molar-refractivity contribution in [1.82, 2.24) is 4.90 Å². The van der Waals surface area contributed by atoms with Crippen LogP contribution in [-0.2, 0) is 4.79 Å². The van der Waals surface area contributed by atoms with E-state index >= 15 is 0 Å². The molecule has 1 fully saturated rings. The zero-order valence-electron chi connectivity index (χ0n) is 10.5. The van der Waals surface area contributed by atoms with Crippen LogP contribution in [0.4, 0.5) is 0 Å². The quantitative estimate of drug-likeness (QED) is 0.822. The molecule has 0 aromatic rings. The number of amides is 1. The molecule has 94 valence electrons. The average Bonchev–Trinajstić information content (AvgIpc) is 2.25. The molecule has 1 aliphatic rings. The summed E-state index contributed by atoms with van der Waals surface area (Å²) in [4.78, 5) is 13.6. The Morgan fingerprint density at radius 3 is 2.62 bits per heavy atom. The second-order valence-electron chi connectivity index (χ2n) is 4.78. The number of hydrogen-bond acceptors (Lipinski definition) is 3. The molecule has 4 heteroatoms. The molecule has 1 N–H and O–H groups in total. The maximum atomic E-state index is 11.9. The van der Waals surface area contributed by atoms with Crippen molar-refractivity contribution >= 4 is 17.7 Å². The topological polar surface area (TPSA) is 40.5 Å². The zero-order valence-corrected chi connectivity index (χ0v) is 11.3. The predicted molar refractivity (Wildman–Crippen MR) is 68.6 cm³/mol. The molecule has 1 amide bonds. The van der Waals surface area contributed by atoms with Gasteiger partial charge in [0.05, 0.1) is 17.9 Å². The largest absolute Gasteiger partial charge is 0.391 e. The predicted octanol–water partition coefficient (Wildman–Crippen LogP) is 1.89. The number of aliphatic hydroxyl groups excluding tert-OH is 1. The van der Waals surface area contributed by atoms with Crippen molar-refractivity contribution in [2.75, 3.05) is 12.8 Å². The van der Waals surface area contributed by atoms with Gasteiger partial charge in [0.25, 0.3) is 0 Å². The molecule has 1 saturated carbocycles. The van der Waals surface area contributed by atoms with E-state index in [1.165, 1.54) is 0 Å². The van der Waals surface area contributed by atoms with E-state index < -0.39 is 0 Å². The van der Waals surface area contributed by atoms with Crippen LogP contribution in [0, 0.1) is 0 Å². The standard InChI is InChI=1S/C12H23NO2S/c1-9(2)16-8-12(15)13(3)10-6-4-5-7-11(10)14/h9-11,14H,4-8H2,1-3H3. The van der Waals surface area contributed by atoms with Crippen molar-refractivity contribution in [3.63, 3.8) is 0 Å². The molecule has 0 spiro atoms. The Morgan fingerprint density at radius 1 is 1.44 bits per heavy atom. The first kappa shape index (κ1) is 13.8. The van der Waals surface area contributed by atoms with Gasteiger partial charge in [-0.1, -0.05) is 26.7 Å². The van der Waals surface area contributed by atoms with Crippen molar-refractivity contribution in [3.8, 4) is 0 Å². The molecule has 3 nitrogen and oxygen atoms in total. The number of rotatable bonds is 4. The van der Waals surface area contributed by atoms with Gasteiger partial charge in [-0.05, 0) is 18.1 Å². The molecule has 16 heavy (non-hydrogen) atoms. The van der Waals surface area contributed by atoms with Crippen LogP contribution in [0.5, 0.6) is 0 Å². The minimum absolute atomic E-state index is 0.0361. The van der Waals surface area contributed by atoms with E-state index in [4.69, 9.17) is 0 Å². The van der Waals surface area contributed by atoms with Gasteiger partial charge in [-0.2, -0.15) is 0 Å². The fourth-order valence-electron chi connectivity index (χ4n) is 2.07. The first-order valence-electron chi connectivity index (χ1n) is 6.07. The maximum absolute atomic E-state index is 11.9. The summed E-state index contributed by atoms with van der Waals surface area (Å²) in [7, 11) is 1.82. The van der Waals surface area contributed by atoms with E-state index in [0.717, 1.165) is 25.7 Å². The van der Waals surface area contributed by atoms with Gasteiger partial charge in [0.2, 0.25) is 5.91 Å². The Labute approximate surface area is 103 Å². The summed E-state index contributed by atoms with van der Waals surface area (Å²) >= 11 is 1.66. The van der Waals surface area contributed by atoms with Gasteiger partial charge >= 0.3 is 0 Å². The van der Waals surface area contributed by atoms with Crippen molar-refractivity contribution in [2.24, 2.45) is 0 Å². The molecule has 0 radical (unpaired) electrons. The summed E-state index contributed by atoms with van der Waals surface area (Å²) in [6.07, 6.45) is 3.65. The lowest BCUT2D eigenvalue weighted by molar-refractivity contribution is -0.132. The molecule has 0 aromatic carbocycles. The molecule has 2 atom stereocenters. The number of carbonyl (C=O) groups is 1. The number of thioether (sulfide) groups is 1. The Morgan fingerprint density at radius 2 is 2.06 bits per heavy atom. The van der Waals surface area contributed by atoms with Gasteiger partial charge in [-0.15, -0.1) is 11.8 Å². The van der Waals surface area contributed by atoms with Crippen molar-refractivity contribution in [2.45, 2.75) is 56.9 Å². The fraction of sp³-hybridized carbons (Fsp3) is 0.917. The third kappa shape index (κ3) is 3.98. The summed E-state index contributed by atoms with van der Waals surface area (Å²) in [6.45, 7) is 4.18. The summed E-state index contributed by atoms with van der Waals surface area (Å²) in [5, 5.41) is 10.3. The highest BCUT2D eigenvalue weighted by atomic mass is 32.2. The second-order valence-corrected chi connectivity index (χ2v) is 6.35. The van der Waals surface area contributed by atoms with Crippen LogP contribution in [0.3, 0.4) is 0 Å².